The maximum atomic E-state index is 12.6. The van der Waals surface area contributed by atoms with Crippen molar-refractivity contribution < 1.29 is 8.42 Å². The molecule has 3 atom stereocenters. The minimum absolute atomic E-state index is 0.0867. The molecule has 152 valence electrons. The molecular weight excluding hydrogens is 368 g/mol. The van der Waals surface area contributed by atoms with Crippen LogP contribution in [0.25, 0.3) is 5.57 Å². The second kappa shape index (κ2) is 7.26. The number of nitrogens with zero attached hydrogens (tertiary/aromatic N) is 2. The molecule has 0 spiro atoms. The molecule has 0 amide bonds. The van der Waals surface area contributed by atoms with Crippen LogP contribution in [-0.2, 0) is 16.4 Å². The summed E-state index contributed by atoms with van der Waals surface area (Å²) in [7, 11) is -3.04. The minimum atomic E-state index is -3.04. The number of fused-ring (bicyclic) bond motifs is 1. The molecule has 0 unspecified atom stereocenters. The zero-order valence-electron chi connectivity index (χ0n) is 16.9. The summed E-state index contributed by atoms with van der Waals surface area (Å²) in [5.41, 5.74) is 4.07. The van der Waals surface area contributed by atoms with Crippen LogP contribution in [0, 0.1) is 11.8 Å². The van der Waals surface area contributed by atoms with E-state index in [9.17, 15) is 8.42 Å². The quantitative estimate of drug-likeness (QED) is 0.733. The standard InChI is InChI=1S/C23H32N2O2S/c1-17-3-2-13-24(17)14-12-18-4-6-19(7-5-18)22-11-8-20-15-25(16-23(20)22)28(26,27)21-9-10-21/h4-7,11,17,20-21,23H,2-3,8-10,12-16H2,1H3/t17-,20-,23+/m1/s1. The zero-order chi connectivity index (χ0) is 19.3. The van der Waals surface area contributed by atoms with Gasteiger partial charge in [0.25, 0.3) is 0 Å². The van der Waals surface area contributed by atoms with E-state index in [1.165, 1.54) is 36.1 Å². The molecule has 0 N–H and O–H groups in total. The first kappa shape index (κ1) is 18.8. The fourth-order valence-electron chi connectivity index (χ4n) is 5.43. The van der Waals surface area contributed by atoms with Crippen molar-refractivity contribution in [1.29, 1.82) is 0 Å². The van der Waals surface area contributed by atoms with Gasteiger partial charge in [-0.2, -0.15) is 0 Å². The second-order valence-electron chi connectivity index (χ2n) is 9.30. The number of benzene rings is 1. The Morgan fingerprint density at radius 2 is 1.86 bits per heavy atom. The number of hydrogen-bond donors (Lipinski definition) is 0. The highest BCUT2D eigenvalue weighted by Gasteiger charge is 2.47. The SMILES string of the molecule is C[C@@H]1CCCN1CCc1ccc(C2=CC[C@@H]3CN(S(=O)(=O)C4CC4)C[C@H]23)cc1. The monoisotopic (exact) mass is 400 g/mol. The number of sulfonamides is 1. The van der Waals surface area contributed by atoms with Crippen LogP contribution in [0.4, 0.5) is 0 Å². The van der Waals surface area contributed by atoms with E-state index < -0.39 is 10.0 Å². The summed E-state index contributed by atoms with van der Waals surface area (Å²) in [4.78, 5) is 2.60. The lowest BCUT2D eigenvalue weighted by atomic mass is 9.90. The topological polar surface area (TPSA) is 40.6 Å². The smallest absolute Gasteiger partial charge is 0.217 e. The highest BCUT2D eigenvalue weighted by Crippen LogP contribution is 2.45. The summed E-state index contributed by atoms with van der Waals surface area (Å²) in [6.07, 6.45) is 8.88. The molecule has 0 aromatic heterocycles. The Kier molecular flexibility index (Phi) is 4.88. The van der Waals surface area contributed by atoms with E-state index in [2.05, 4.69) is 42.2 Å². The van der Waals surface area contributed by atoms with E-state index in [1.54, 1.807) is 4.31 Å². The van der Waals surface area contributed by atoms with E-state index in [1.807, 2.05) is 0 Å². The van der Waals surface area contributed by atoms with Gasteiger partial charge in [-0.3, -0.25) is 0 Å². The molecule has 2 aliphatic heterocycles. The van der Waals surface area contributed by atoms with Crippen molar-refractivity contribution >= 4 is 15.6 Å². The van der Waals surface area contributed by atoms with Crippen molar-refractivity contribution in [1.82, 2.24) is 9.21 Å². The lowest BCUT2D eigenvalue weighted by Gasteiger charge is -2.21. The van der Waals surface area contributed by atoms with Crippen LogP contribution >= 0.6 is 0 Å². The second-order valence-corrected chi connectivity index (χ2v) is 11.5. The summed E-state index contributed by atoms with van der Waals surface area (Å²) in [6.45, 7) is 6.14. The van der Waals surface area contributed by atoms with Gasteiger partial charge in [0.1, 0.15) is 0 Å². The van der Waals surface area contributed by atoms with Crippen LogP contribution in [0.3, 0.4) is 0 Å². The highest BCUT2D eigenvalue weighted by atomic mass is 32.2. The van der Waals surface area contributed by atoms with Gasteiger partial charge in [0.05, 0.1) is 5.25 Å². The lowest BCUT2D eigenvalue weighted by Crippen LogP contribution is -2.32. The minimum Gasteiger partial charge on any atom is -0.300 e. The molecule has 2 heterocycles. The average Bonchev–Trinajstić information content (AvgIpc) is 3.17. The number of hydrogen-bond acceptors (Lipinski definition) is 3. The normalized spacial score (nSPS) is 31.3. The first-order valence-corrected chi connectivity index (χ1v) is 12.5. The predicted molar refractivity (Wildman–Crippen MR) is 114 cm³/mol. The largest absolute Gasteiger partial charge is 0.300 e. The van der Waals surface area contributed by atoms with Gasteiger partial charge in [-0.1, -0.05) is 30.3 Å². The Balaban J connectivity index is 1.23. The molecule has 4 nitrogen and oxygen atoms in total. The van der Waals surface area contributed by atoms with Crippen molar-refractivity contribution in [3.8, 4) is 0 Å². The zero-order valence-corrected chi connectivity index (χ0v) is 17.7. The van der Waals surface area contributed by atoms with Crippen LogP contribution in [0.15, 0.2) is 30.3 Å². The van der Waals surface area contributed by atoms with Crippen LogP contribution < -0.4 is 0 Å². The Labute approximate surface area is 169 Å². The van der Waals surface area contributed by atoms with Gasteiger partial charge in [0.2, 0.25) is 10.0 Å². The van der Waals surface area contributed by atoms with Crippen LogP contribution in [0.1, 0.15) is 50.2 Å². The van der Waals surface area contributed by atoms with Crippen molar-refractivity contribution in [2.24, 2.45) is 11.8 Å². The molecule has 5 rings (SSSR count). The van der Waals surface area contributed by atoms with E-state index in [0.717, 1.165) is 44.8 Å². The molecule has 0 radical (unpaired) electrons. The lowest BCUT2D eigenvalue weighted by molar-refractivity contribution is 0.272. The van der Waals surface area contributed by atoms with Gasteiger partial charge < -0.3 is 4.90 Å². The van der Waals surface area contributed by atoms with E-state index in [0.29, 0.717) is 18.4 Å². The van der Waals surface area contributed by atoms with E-state index in [-0.39, 0.29) is 5.25 Å². The van der Waals surface area contributed by atoms with Gasteiger partial charge in [0, 0.05) is 31.6 Å². The van der Waals surface area contributed by atoms with Gasteiger partial charge >= 0.3 is 0 Å². The Morgan fingerprint density at radius 3 is 2.54 bits per heavy atom. The summed E-state index contributed by atoms with van der Waals surface area (Å²) in [5.74, 6) is 0.852. The van der Waals surface area contributed by atoms with Crippen molar-refractivity contribution in [3.63, 3.8) is 0 Å². The van der Waals surface area contributed by atoms with Crippen molar-refractivity contribution in [3.05, 3.63) is 41.5 Å². The third kappa shape index (κ3) is 3.46. The third-order valence-electron chi connectivity index (χ3n) is 7.42. The van der Waals surface area contributed by atoms with Gasteiger partial charge in [-0.05, 0) is 74.6 Å². The summed E-state index contributed by atoms with van der Waals surface area (Å²) < 4.78 is 27.0. The number of allylic oxidation sites excluding steroid dienone is 1. The van der Waals surface area contributed by atoms with Crippen LogP contribution in [0.2, 0.25) is 0 Å². The van der Waals surface area contributed by atoms with Gasteiger partial charge in [0.15, 0.2) is 0 Å². The Morgan fingerprint density at radius 1 is 1.07 bits per heavy atom. The molecule has 1 saturated carbocycles. The average molecular weight is 401 g/mol. The van der Waals surface area contributed by atoms with Crippen molar-refractivity contribution in [2.45, 2.75) is 56.7 Å². The summed E-state index contributed by atoms with van der Waals surface area (Å²) in [5, 5.41) is -0.0867. The van der Waals surface area contributed by atoms with Gasteiger partial charge in [-0.15, -0.1) is 0 Å². The fourth-order valence-corrected chi connectivity index (χ4v) is 7.35. The van der Waals surface area contributed by atoms with E-state index >= 15 is 0 Å². The number of rotatable bonds is 6. The highest BCUT2D eigenvalue weighted by molar-refractivity contribution is 7.90. The van der Waals surface area contributed by atoms with Gasteiger partial charge in [-0.25, -0.2) is 12.7 Å². The molecule has 2 aliphatic carbocycles. The van der Waals surface area contributed by atoms with Crippen LogP contribution in [-0.4, -0.2) is 55.1 Å². The van der Waals surface area contributed by atoms with Crippen LogP contribution in [0.5, 0.6) is 0 Å². The molecule has 2 saturated heterocycles. The maximum Gasteiger partial charge on any atom is 0.217 e. The molecular formula is C23H32N2O2S. The molecule has 3 fully saturated rings. The Hall–Kier alpha value is -1.17. The fraction of sp³-hybridized carbons (Fsp3) is 0.652. The predicted octanol–water partition coefficient (Wildman–Crippen LogP) is 3.54. The molecule has 1 aromatic carbocycles. The third-order valence-corrected chi connectivity index (χ3v) is 9.75. The molecule has 5 heteroatoms. The molecule has 1 aromatic rings. The van der Waals surface area contributed by atoms with E-state index in [4.69, 9.17) is 0 Å². The molecule has 28 heavy (non-hydrogen) atoms. The Bertz CT molecular complexity index is 857. The maximum absolute atomic E-state index is 12.6. The first-order chi connectivity index (χ1) is 13.5. The molecule has 4 aliphatic rings. The number of likely N-dealkylation sites (tertiary alicyclic amines) is 1. The summed E-state index contributed by atoms with van der Waals surface area (Å²) in [6, 6.07) is 9.80. The molecule has 0 bridgehead atoms. The summed E-state index contributed by atoms with van der Waals surface area (Å²) >= 11 is 0. The van der Waals surface area contributed by atoms with Crippen molar-refractivity contribution in [2.75, 3.05) is 26.2 Å². The first-order valence-electron chi connectivity index (χ1n) is 11.0.